The van der Waals surface area contributed by atoms with E-state index in [4.69, 9.17) is 14.2 Å². The summed E-state index contributed by atoms with van der Waals surface area (Å²) in [4.78, 5) is 27.8. The number of hydrogen-bond acceptors (Lipinski definition) is 5. The molecule has 0 amide bonds. The van der Waals surface area contributed by atoms with Crippen molar-refractivity contribution in [2.24, 2.45) is 0 Å². The predicted octanol–water partition coefficient (Wildman–Crippen LogP) is 3.61. The standard InChI is InChI=1S/C20H19NO5/c1-12(19(22)13-7-5-4-6-8-13)26-20(23)16-10-14-9-15(24-2)11-17(25-3)18(14)21-16/h4-12,21H,1-3H3/t12-/m0/s1. The van der Waals surface area contributed by atoms with Crippen LogP contribution in [0.5, 0.6) is 11.5 Å². The average Bonchev–Trinajstić information content (AvgIpc) is 3.11. The molecule has 1 aromatic heterocycles. The summed E-state index contributed by atoms with van der Waals surface area (Å²) >= 11 is 0. The normalized spacial score (nSPS) is 11.8. The highest BCUT2D eigenvalue weighted by Crippen LogP contribution is 2.31. The number of benzene rings is 2. The number of H-pyrrole nitrogens is 1. The molecule has 1 N–H and O–H groups in total. The molecule has 0 aliphatic rings. The van der Waals surface area contributed by atoms with Crippen LogP contribution in [0.4, 0.5) is 0 Å². The molecule has 134 valence electrons. The van der Waals surface area contributed by atoms with Crippen LogP contribution >= 0.6 is 0 Å². The van der Waals surface area contributed by atoms with Gasteiger partial charge < -0.3 is 19.2 Å². The van der Waals surface area contributed by atoms with E-state index in [1.807, 2.05) is 6.07 Å². The summed E-state index contributed by atoms with van der Waals surface area (Å²) in [6.45, 7) is 1.56. The molecule has 0 unspecified atom stereocenters. The van der Waals surface area contributed by atoms with E-state index in [0.29, 0.717) is 22.6 Å². The smallest absolute Gasteiger partial charge is 0.355 e. The van der Waals surface area contributed by atoms with E-state index in [1.54, 1.807) is 56.5 Å². The van der Waals surface area contributed by atoms with E-state index >= 15 is 0 Å². The fourth-order valence-electron chi connectivity index (χ4n) is 2.69. The van der Waals surface area contributed by atoms with Gasteiger partial charge in [0, 0.05) is 17.0 Å². The number of hydrogen-bond donors (Lipinski definition) is 1. The molecule has 0 spiro atoms. The Morgan fingerprint density at radius 1 is 1.00 bits per heavy atom. The molecule has 2 aromatic carbocycles. The van der Waals surface area contributed by atoms with Crippen LogP contribution in [0.25, 0.3) is 10.9 Å². The van der Waals surface area contributed by atoms with Crippen LogP contribution in [0.2, 0.25) is 0 Å². The SMILES string of the molecule is COc1cc(OC)c2[nH]c(C(=O)O[C@@H](C)C(=O)c3ccccc3)cc2c1. The van der Waals surface area contributed by atoms with Gasteiger partial charge in [0.2, 0.25) is 5.78 Å². The number of nitrogens with one attached hydrogen (secondary N) is 1. The molecule has 1 atom stereocenters. The first kappa shape index (κ1) is 17.5. The van der Waals surface area contributed by atoms with E-state index in [9.17, 15) is 9.59 Å². The van der Waals surface area contributed by atoms with Crippen molar-refractivity contribution >= 4 is 22.7 Å². The number of methoxy groups -OCH3 is 2. The number of rotatable bonds is 6. The van der Waals surface area contributed by atoms with Crippen molar-refractivity contribution in [2.75, 3.05) is 14.2 Å². The maximum Gasteiger partial charge on any atom is 0.355 e. The number of esters is 1. The highest BCUT2D eigenvalue weighted by molar-refractivity contribution is 6.02. The third kappa shape index (κ3) is 3.39. The van der Waals surface area contributed by atoms with E-state index in [-0.39, 0.29) is 11.5 Å². The van der Waals surface area contributed by atoms with Crippen molar-refractivity contribution in [3.63, 3.8) is 0 Å². The summed E-state index contributed by atoms with van der Waals surface area (Å²) in [5, 5.41) is 0.746. The lowest BCUT2D eigenvalue weighted by atomic mass is 10.1. The van der Waals surface area contributed by atoms with Crippen molar-refractivity contribution in [1.29, 1.82) is 0 Å². The van der Waals surface area contributed by atoms with Gasteiger partial charge in [-0.15, -0.1) is 0 Å². The van der Waals surface area contributed by atoms with Gasteiger partial charge in [-0.3, -0.25) is 4.79 Å². The highest BCUT2D eigenvalue weighted by Gasteiger charge is 2.22. The Labute approximate surface area is 150 Å². The molecule has 6 heteroatoms. The third-order valence-electron chi connectivity index (χ3n) is 4.05. The molecule has 0 radical (unpaired) electrons. The van der Waals surface area contributed by atoms with Gasteiger partial charge in [-0.2, -0.15) is 0 Å². The van der Waals surface area contributed by atoms with Crippen LogP contribution in [-0.2, 0) is 4.74 Å². The minimum absolute atomic E-state index is 0.235. The molecule has 26 heavy (non-hydrogen) atoms. The first-order valence-corrected chi connectivity index (χ1v) is 8.08. The molecular formula is C20H19NO5. The molecule has 0 aliphatic heterocycles. The number of fused-ring (bicyclic) bond motifs is 1. The number of carbonyl (C=O) groups excluding carboxylic acids is 2. The van der Waals surface area contributed by atoms with Gasteiger partial charge in [-0.05, 0) is 19.1 Å². The maximum absolute atomic E-state index is 12.4. The molecule has 6 nitrogen and oxygen atoms in total. The molecule has 0 bridgehead atoms. The largest absolute Gasteiger partial charge is 0.497 e. The van der Waals surface area contributed by atoms with Gasteiger partial charge in [0.15, 0.2) is 6.10 Å². The monoisotopic (exact) mass is 353 g/mol. The second-order valence-corrected chi connectivity index (χ2v) is 5.75. The summed E-state index contributed by atoms with van der Waals surface area (Å²) in [7, 11) is 3.09. The van der Waals surface area contributed by atoms with Crippen LogP contribution in [0.3, 0.4) is 0 Å². The Morgan fingerprint density at radius 3 is 2.38 bits per heavy atom. The van der Waals surface area contributed by atoms with Gasteiger partial charge >= 0.3 is 5.97 Å². The number of aromatic nitrogens is 1. The fraction of sp³-hybridized carbons (Fsp3) is 0.200. The number of Topliss-reactive ketones (excluding diaryl/α,β-unsaturated/α-hetero) is 1. The summed E-state index contributed by atoms with van der Waals surface area (Å²) in [5.41, 5.74) is 1.39. The lowest BCUT2D eigenvalue weighted by molar-refractivity contribution is 0.0314. The molecule has 1 heterocycles. The van der Waals surface area contributed by atoms with Crippen molar-refractivity contribution in [1.82, 2.24) is 4.98 Å². The Hall–Kier alpha value is -3.28. The molecule has 0 saturated carbocycles. The van der Waals surface area contributed by atoms with Crippen molar-refractivity contribution in [3.05, 3.63) is 59.8 Å². The highest BCUT2D eigenvalue weighted by atomic mass is 16.5. The van der Waals surface area contributed by atoms with Gasteiger partial charge in [0.05, 0.1) is 19.7 Å². The third-order valence-corrected chi connectivity index (χ3v) is 4.05. The Balaban J connectivity index is 1.82. The van der Waals surface area contributed by atoms with E-state index < -0.39 is 12.1 Å². The van der Waals surface area contributed by atoms with Crippen molar-refractivity contribution < 1.29 is 23.8 Å². The Bertz CT molecular complexity index is 945. The van der Waals surface area contributed by atoms with Crippen LogP contribution < -0.4 is 9.47 Å². The van der Waals surface area contributed by atoms with E-state index in [0.717, 1.165) is 5.39 Å². The number of carbonyl (C=O) groups is 2. The quantitative estimate of drug-likeness (QED) is 0.541. The zero-order chi connectivity index (χ0) is 18.7. The minimum atomic E-state index is -0.896. The minimum Gasteiger partial charge on any atom is -0.497 e. The number of ether oxygens (including phenoxy) is 3. The molecular weight excluding hydrogens is 334 g/mol. The van der Waals surface area contributed by atoms with Crippen LogP contribution in [-0.4, -0.2) is 37.1 Å². The van der Waals surface area contributed by atoms with Crippen LogP contribution in [0, 0.1) is 0 Å². The summed E-state index contributed by atoms with van der Waals surface area (Å²) in [6, 6.07) is 13.9. The zero-order valence-corrected chi connectivity index (χ0v) is 14.7. The second-order valence-electron chi connectivity index (χ2n) is 5.75. The number of ketones is 1. The van der Waals surface area contributed by atoms with Crippen molar-refractivity contribution in [3.8, 4) is 11.5 Å². The lowest BCUT2D eigenvalue weighted by Gasteiger charge is -2.11. The molecule has 3 aromatic rings. The van der Waals surface area contributed by atoms with Crippen LogP contribution in [0.1, 0.15) is 27.8 Å². The molecule has 3 rings (SSSR count). The van der Waals surface area contributed by atoms with Gasteiger partial charge in [-0.1, -0.05) is 30.3 Å². The molecule has 0 fully saturated rings. The Kier molecular flexibility index (Phi) is 4.93. The van der Waals surface area contributed by atoms with E-state index in [1.165, 1.54) is 7.11 Å². The Morgan fingerprint density at radius 2 is 1.73 bits per heavy atom. The summed E-state index contributed by atoms with van der Waals surface area (Å²) in [6.07, 6.45) is -0.896. The van der Waals surface area contributed by atoms with Gasteiger partial charge in [-0.25, -0.2) is 4.79 Å². The van der Waals surface area contributed by atoms with E-state index in [2.05, 4.69) is 4.98 Å². The topological polar surface area (TPSA) is 77.6 Å². The molecule has 0 aliphatic carbocycles. The first-order chi connectivity index (χ1) is 12.5. The number of aromatic amines is 1. The summed E-state index contributed by atoms with van der Waals surface area (Å²) < 4.78 is 15.9. The second kappa shape index (κ2) is 7.31. The van der Waals surface area contributed by atoms with Gasteiger partial charge in [0.1, 0.15) is 17.2 Å². The summed E-state index contributed by atoms with van der Waals surface area (Å²) in [5.74, 6) is 0.293. The van der Waals surface area contributed by atoms with Crippen LogP contribution in [0.15, 0.2) is 48.5 Å². The predicted molar refractivity (Wildman–Crippen MR) is 97.1 cm³/mol. The van der Waals surface area contributed by atoms with Gasteiger partial charge in [0.25, 0.3) is 0 Å². The lowest BCUT2D eigenvalue weighted by Crippen LogP contribution is -2.24. The molecule has 0 saturated heterocycles. The zero-order valence-electron chi connectivity index (χ0n) is 14.7. The average molecular weight is 353 g/mol. The first-order valence-electron chi connectivity index (χ1n) is 8.08. The van der Waals surface area contributed by atoms with Crippen molar-refractivity contribution in [2.45, 2.75) is 13.0 Å². The maximum atomic E-state index is 12.4. The fourth-order valence-corrected chi connectivity index (χ4v) is 2.69.